The molecule has 0 aromatic heterocycles. The molecule has 0 aliphatic carbocycles. The van der Waals surface area contributed by atoms with Crippen LogP contribution >= 0.6 is 0 Å². The van der Waals surface area contributed by atoms with E-state index in [4.69, 9.17) is 10.8 Å². The first-order valence-electron chi connectivity index (χ1n) is 5.64. The van der Waals surface area contributed by atoms with Gasteiger partial charge in [0.15, 0.2) is 0 Å². The maximum absolute atomic E-state index is 10.8. The van der Waals surface area contributed by atoms with Crippen LogP contribution < -0.4 is 5.73 Å². The molecule has 0 unspecified atom stereocenters. The van der Waals surface area contributed by atoms with E-state index in [1.54, 1.807) is 12.1 Å². The number of carbonyl (C=O) groups is 1. The van der Waals surface area contributed by atoms with Crippen LogP contribution in [0.5, 0.6) is 5.75 Å². The summed E-state index contributed by atoms with van der Waals surface area (Å²) in [5.41, 5.74) is 7.10. The Morgan fingerprint density at radius 1 is 1.35 bits per heavy atom. The number of aromatic hydroxyl groups is 1. The van der Waals surface area contributed by atoms with Gasteiger partial charge in [0.1, 0.15) is 5.75 Å². The highest BCUT2D eigenvalue weighted by Crippen LogP contribution is 2.31. The van der Waals surface area contributed by atoms with Crippen molar-refractivity contribution >= 4 is 11.8 Å². The molecule has 0 bridgehead atoms. The van der Waals surface area contributed by atoms with Crippen molar-refractivity contribution < 1.29 is 15.0 Å². The van der Waals surface area contributed by atoms with Gasteiger partial charge in [0.05, 0.1) is 5.69 Å². The number of rotatable bonds is 1. The Kier molecular flexibility index (Phi) is 3.08. The van der Waals surface area contributed by atoms with Crippen LogP contribution in [-0.2, 0) is 0 Å². The quantitative estimate of drug-likeness (QED) is 0.513. The number of anilines is 1. The van der Waals surface area contributed by atoms with Gasteiger partial charge in [-0.3, -0.25) is 0 Å². The van der Waals surface area contributed by atoms with Crippen molar-refractivity contribution in [2.75, 3.05) is 18.8 Å². The average Bonchev–Trinajstić information content (AvgIpc) is 2.33. The average molecular weight is 236 g/mol. The molecule has 1 aliphatic rings. The van der Waals surface area contributed by atoms with Crippen LogP contribution in [0, 0.1) is 0 Å². The molecule has 17 heavy (non-hydrogen) atoms. The number of hydrogen-bond acceptors (Lipinski definition) is 3. The number of benzene rings is 1. The van der Waals surface area contributed by atoms with Crippen LogP contribution in [0.4, 0.5) is 10.5 Å². The third kappa shape index (κ3) is 2.43. The van der Waals surface area contributed by atoms with E-state index >= 15 is 0 Å². The molecule has 1 heterocycles. The Morgan fingerprint density at radius 2 is 2.00 bits per heavy atom. The van der Waals surface area contributed by atoms with E-state index in [1.165, 1.54) is 4.90 Å². The Morgan fingerprint density at radius 3 is 2.53 bits per heavy atom. The van der Waals surface area contributed by atoms with Gasteiger partial charge in [0.25, 0.3) is 0 Å². The summed E-state index contributed by atoms with van der Waals surface area (Å²) in [7, 11) is 0. The standard InChI is InChI=1S/C12H16N2O3/c13-10-7-9(1-2-11(10)15)8-3-5-14(6-4-8)12(16)17/h1-2,7-8,15H,3-6,13H2,(H,16,17). The van der Waals surface area contributed by atoms with E-state index < -0.39 is 6.09 Å². The number of phenolic OH excluding ortho intramolecular Hbond substituents is 1. The second kappa shape index (κ2) is 4.53. The molecule has 4 N–H and O–H groups in total. The molecule has 2 rings (SSSR count). The van der Waals surface area contributed by atoms with Crippen molar-refractivity contribution in [3.63, 3.8) is 0 Å². The summed E-state index contributed by atoms with van der Waals surface area (Å²) < 4.78 is 0. The number of nitrogen functional groups attached to an aromatic ring is 1. The first kappa shape index (κ1) is 11.6. The first-order chi connectivity index (χ1) is 8.08. The molecule has 92 valence electrons. The van der Waals surface area contributed by atoms with Crippen molar-refractivity contribution in [2.24, 2.45) is 0 Å². The molecule has 0 radical (unpaired) electrons. The minimum Gasteiger partial charge on any atom is -0.506 e. The normalized spacial score (nSPS) is 17.1. The lowest BCUT2D eigenvalue weighted by molar-refractivity contribution is 0.132. The van der Waals surface area contributed by atoms with E-state index in [9.17, 15) is 9.90 Å². The van der Waals surface area contributed by atoms with Gasteiger partial charge < -0.3 is 20.8 Å². The van der Waals surface area contributed by atoms with Gasteiger partial charge in [-0.05, 0) is 36.5 Å². The summed E-state index contributed by atoms with van der Waals surface area (Å²) in [6.07, 6.45) is 0.751. The molecule has 1 saturated heterocycles. The zero-order valence-electron chi connectivity index (χ0n) is 9.47. The summed E-state index contributed by atoms with van der Waals surface area (Å²) in [5.74, 6) is 0.422. The van der Waals surface area contributed by atoms with Crippen molar-refractivity contribution in [3.8, 4) is 5.75 Å². The van der Waals surface area contributed by atoms with Crippen LogP contribution in [0.2, 0.25) is 0 Å². The molecule has 5 heteroatoms. The molecule has 0 atom stereocenters. The molecule has 1 aromatic rings. The van der Waals surface area contributed by atoms with Gasteiger partial charge in [0, 0.05) is 13.1 Å². The fourth-order valence-electron chi connectivity index (χ4n) is 2.23. The van der Waals surface area contributed by atoms with Gasteiger partial charge in [-0.1, -0.05) is 6.07 Å². The molecule has 1 aromatic carbocycles. The summed E-state index contributed by atoms with van der Waals surface area (Å²) in [6, 6.07) is 5.22. The van der Waals surface area contributed by atoms with Crippen molar-refractivity contribution in [3.05, 3.63) is 23.8 Å². The Labute approximate surface area is 99.5 Å². The van der Waals surface area contributed by atoms with Crippen molar-refractivity contribution in [2.45, 2.75) is 18.8 Å². The third-order valence-corrected chi connectivity index (χ3v) is 3.29. The fourth-order valence-corrected chi connectivity index (χ4v) is 2.23. The van der Waals surface area contributed by atoms with Crippen LogP contribution in [-0.4, -0.2) is 34.3 Å². The minimum atomic E-state index is -0.853. The first-order valence-corrected chi connectivity index (χ1v) is 5.64. The van der Waals surface area contributed by atoms with Crippen molar-refractivity contribution in [1.29, 1.82) is 0 Å². The molecule has 1 aliphatic heterocycles. The van der Waals surface area contributed by atoms with E-state index in [-0.39, 0.29) is 5.75 Å². The zero-order valence-corrected chi connectivity index (χ0v) is 9.47. The lowest BCUT2D eigenvalue weighted by Crippen LogP contribution is -2.36. The minimum absolute atomic E-state index is 0.0942. The summed E-state index contributed by atoms with van der Waals surface area (Å²) >= 11 is 0. The molecular weight excluding hydrogens is 220 g/mol. The van der Waals surface area contributed by atoms with E-state index in [0.29, 0.717) is 24.7 Å². The lowest BCUT2D eigenvalue weighted by Gasteiger charge is -2.30. The second-order valence-electron chi connectivity index (χ2n) is 4.36. The number of piperidine rings is 1. The van der Waals surface area contributed by atoms with E-state index in [1.807, 2.05) is 6.07 Å². The van der Waals surface area contributed by atoms with Crippen LogP contribution in [0.1, 0.15) is 24.3 Å². The highest BCUT2D eigenvalue weighted by atomic mass is 16.4. The Balaban J connectivity index is 2.05. The van der Waals surface area contributed by atoms with E-state index in [2.05, 4.69) is 0 Å². The van der Waals surface area contributed by atoms with Gasteiger partial charge in [0.2, 0.25) is 0 Å². The number of carboxylic acid groups (broad SMARTS) is 1. The number of hydrogen-bond donors (Lipinski definition) is 3. The van der Waals surface area contributed by atoms with E-state index in [0.717, 1.165) is 18.4 Å². The molecule has 0 spiro atoms. The van der Waals surface area contributed by atoms with Gasteiger partial charge in [-0.25, -0.2) is 4.79 Å². The summed E-state index contributed by atoms with van der Waals surface area (Å²) in [4.78, 5) is 12.2. The highest BCUT2D eigenvalue weighted by Gasteiger charge is 2.23. The predicted molar refractivity (Wildman–Crippen MR) is 64.1 cm³/mol. The largest absolute Gasteiger partial charge is 0.506 e. The van der Waals surface area contributed by atoms with Crippen LogP contribution in [0.25, 0.3) is 0 Å². The number of phenols is 1. The van der Waals surface area contributed by atoms with Crippen molar-refractivity contribution in [1.82, 2.24) is 4.90 Å². The van der Waals surface area contributed by atoms with Gasteiger partial charge in [-0.15, -0.1) is 0 Å². The molecule has 1 fully saturated rings. The molecule has 5 nitrogen and oxygen atoms in total. The maximum atomic E-state index is 10.8. The number of nitrogens with zero attached hydrogens (tertiary/aromatic N) is 1. The highest BCUT2D eigenvalue weighted by molar-refractivity contribution is 5.65. The fraction of sp³-hybridized carbons (Fsp3) is 0.417. The van der Waals surface area contributed by atoms with Crippen LogP contribution in [0.15, 0.2) is 18.2 Å². The Hall–Kier alpha value is -1.91. The van der Waals surface area contributed by atoms with Gasteiger partial charge >= 0.3 is 6.09 Å². The monoisotopic (exact) mass is 236 g/mol. The number of likely N-dealkylation sites (tertiary alicyclic amines) is 1. The molecule has 1 amide bonds. The maximum Gasteiger partial charge on any atom is 0.407 e. The smallest absolute Gasteiger partial charge is 0.407 e. The molecular formula is C12H16N2O3. The molecule has 0 saturated carbocycles. The second-order valence-corrected chi connectivity index (χ2v) is 4.36. The van der Waals surface area contributed by atoms with Crippen LogP contribution in [0.3, 0.4) is 0 Å². The lowest BCUT2D eigenvalue weighted by atomic mass is 9.89. The summed E-state index contributed by atoms with van der Waals surface area (Å²) in [5, 5.41) is 18.2. The predicted octanol–water partition coefficient (Wildman–Crippen LogP) is 1.83. The number of nitrogens with two attached hydrogens (primary N) is 1. The third-order valence-electron chi connectivity index (χ3n) is 3.29. The SMILES string of the molecule is Nc1cc(C2CCN(C(=O)O)CC2)ccc1O. The number of amides is 1. The zero-order chi connectivity index (χ0) is 12.4. The summed E-state index contributed by atoms with van der Waals surface area (Å²) in [6.45, 7) is 1.11. The Bertz CT molecular complexity index is 426. The topological polar surface area (TPSA) is 86.8 Å². The van der Waals surface area contributed by atoms with Gasteiger partial charge in [-0.2, -0.15) is 0 Å².